The first-order chi connectivity index (χ1) is 14.2. The highest BCUT2D eigenvalue weighted by Gasteiger charge is 2.32. The van der Waals surface area contributed by atoms with Crippen molar-refractivity contribution in [1.29, 1.82) is 0 Å². The summed E-state index contributed by atoms with van der Waals surface area (Å²) in [6.07, 6.45) is 5.78. The highest BCUT2D eigenvalue weighted by molar-refractivity contribution is 5.52. The van der Waals surface area contributed by atoms with Crippen molar-refractivity contribution >= 4 is 17.5 Å². The van der Waals surface area contributed by atoms with Gasteiger partial charge in [0.15, 0.2) is 0 Å². The Morgan fingerprint density at radius 3 is 2.28 bits per heavy atom. The summed E-state index contributed by atoms with van der Waals surface area (Å²) in [7, 11) is 0. The molecule has 29 heavy (non-hydrogen) atoms. The van der Waals surface area contributed by atoms with Crippen molar-refractivity contribution in [2.45, 2.75) is 25.0 Å². The van der Waals surface area contributed by atoms with Gasteiger partial charge >= 0.3 is 0 Å². The minimum Gasteiger partial charge on any atom is -0.266 e. The fourth-order valence-corrected chi connectivity index (χ4v) is 3.58. The van der Waals surface area contributed by atoms with Crippen molar-refractivity contribution in [3.8, 4) is 0 Å². The van der Waals surface area contributed by atoms with Gasteiger partial charge in [-0.05, 0) is 29.7 Å². The third-order valence-electron chi connectivity index (χ3n) is 5.02. The number of nitrogens with zero attached hydrogens (tertiary/aromatic N) is 2. The van der Waals surface area contributed by atoms with Gasteiger partial charge in [-0.15, -0.1) is 0 Å². The molecule has 5 heteroatoms. The Morgan fingerprint density at radius 1 is 0.966 bits per heavy atom. The highest BCUT2D eigenvalue weighted by atomic mass is 16.7. The van der Waals surface area contributed by atoms with Gasteiger partial charge in [0.05, 0.1) is 16.7 Å². The number of nitro benzene ring substituents is 1. The molecule has 0 saturated carbocycles. The van der Waals surface area contributed by atoms with Crippen LogP contribution in [0.3, 0.4) is 0 Å². The lowest BCUT2D eigenvalue weighted by molar-refractivity contribution is -0.384. The number of hydrogen-bond donors (Lipinski definition) is 0. The molecule has 2 atom stereocenters. The molecule has 1 aliphatic rings. The van der Waals surface area contributed by atoms with E-state index in [2.05, 4.69) is 36.4 Å². The van der Waals surface area contributed by atoms with Crippen LogP contribution in [-0.2, 0) is 11.3 Å². The van der Waals surface area contributed by atoms with Crippen LogP contribution >= 0.6 is 0 Å². The Morgan fingerprint density at radius 2 is 1.62 bits per heavy atom. The van der Waals surface area contributed by atoms with Gasteiger partial charge in [-0.1, -0.05) is 72.8 Å². The summed E-state index contributed by atoms with van der Waals surface area (Å²) >= 11 is 0. The van der Waals surface area contributed by atoms with E-state index in [0.29, 0.717) is 0 Å². The molecule has 0 unspecified atom stereocenters. The topological polar surface area (TPSA) is 55.6 Å². The van der Waals surface area contributed by atoms with Crippen LogP contribution in [0.2, 0.25) is 0 Å². The minimum absolute atomic E-state index is 0.0564. The average molecular weight is 386 g/mol. The molecule has 1 saturated heterocycles. The van der Waals surface area contributed by atoms with Gasteiger partial charge in [0, 0.05) is 18.6 Å². The fourth-order valence-electron chi connectivity index (χ4n) is 3.58. The number of anilines is 1. The first kappa shape index (κ1) is 18.9. The fraction of sp³-hybridized carbons (Fsp3) is 0.167. The second kappa shape index (κ2) is 8.71. The first-order valence-corrected chi connectivity index (χ1v) is 9.67. The van der Waals surface area contributed by atoms with E-state index in [0.717, 1.165) is 24.1 Å². The van der Waals surface area contributed by atoms with Crippen LogP contribution in [0.25, 0.3) is 6.08 Å². The van der Waals surface area contributed by atoms with Crippen molar-refractivity contribution in [2.24, 2.45) is 0 Å². The zero-order valence-corrected chi connectivity index (χ0v) is 15.9. The van der Waals surface area contributed by atoms with Gasteiger partial charge < -0.3 is 0 Å². The Bertz CT molecular complexity index is 972. The van der Waals surface area contributed by atoms with Crippen LogP contribution in [0.5, 0.6) is 0 Å². The normalized spacial score (nSPS) is 19.0. The number of nitro groups is 1. The number of benzene rings is 3. The van der Waals surface area contributed by atoms with Crippen LogP contribution in [0.15, 0.2) is 91.0 Å². The molecule has 3 aromatic rings. The number of hydroxylamine groups is 1. The SMILES string of the molecule is O=[N+]([O-])c1ccc(N2O[C@@H](/C=C/c3ccccc3)C[C@H]2Cc2ccccc2)cc1. The van der Waals surface area contributed by atoms with E-state index in [1.165, 1.54) is 17.7 Å². The molecule has 1 fully saturated rings. The number of non-ortho nitro benzene ring substituents is 1. The predicted molar refractivity (Wildman–Crippen MR) is 114 cm³/mol. The smallest absolute Gasteiger partial charge is 0.266 e. The molecule has 0 N–H and O–H groups in total. The summed E-state index contributed by atoms with van der Waals surface area (Å²) in [6.45, 7) is 0. The molecule has 146 valence electrons. The molecule has 0 bridgehead atoms. The van der Waals surface area contributed by atoms with Crippen molar-refractivity contribution < 1.29 is 9.76 Å². The molecule has 0 radical (unpaired) electrons. The van der Waals surface area contributed by atoms with Gasteiger partial charge in [-0.25, -0.2) is 0 Å². The molecule has 0 spiro atoms. The molecule has 0 aromatic heterocycles. The second-order valence-corrected chi connectivity index (χ2v) is 7.09. The third-order valence-corrected chi connectivity index (χ3v) is 5.02. The molecule has 0 aliphatic carbocycles. The largest absolute Gasteiger partial charge is 0.269 e. The van der Waals surface area contributed by atoms with Crippen molar-refractivity contribution in [2.75, 3.05) is 5.06 Å². The van der Waals surface area contributed by atoms with Crippen molar-refractivity contribution in [1.82, 2.24) is 0 Å². The molecule has 3 aromatic carbocycles. The quantitative estimate of drug-likeness (QED) is 0.419. The lowest BCUT2D eigenvalue weighted by atomic mass is 10.0. The molecular formula is C24H22N2O3. The third kappa shape index (κ3) is 4.70. The van der Waals surface area contributed by atoms with Crippen LogP contribution in [0, 0.1) is 10.1 Å². The van der Waals surface area contributed by atoms with Gasteiger partial charge in [-0.3, -0.25) is 20.0 Å². The van der Waals surface area contributed by atoms with Crippen molar-refractivity contribution in [3.05, 3.63) is 112 Å². The van der Waals surface area contributed by atoms with E-state index in [9.17, 15) is 10.1 Å². The van der Waals surface area contributed by atoms with E-state index in [4.69, 9.17) is 4.84 Å². The standard InChI is InChI=1S/C24H22N2O3/c27-26(28)22-14-12-21(13-15-22)25-23(17-20-9-5-2-6-10-20)18-24(29-25)16-11-19-7-3-1-4-8-19/h1-16,23-24H,17-18H2/b16-11+/t23-,24+/m1/s1. The van der Waals surface area contributed by atoms with Gasteiger partial charge in [0.2, 0.25) is 0 Å². The molecule has 1 aliphatic heterocycles. The van der Waals surface area contributed by atoms with E-state index in [-0.39, 0.29) is 22.8 Å². The van der Waals surface area contributed by atoms with E-state index >= 15 is 0 Å². The van der Waals surface area contributed by atoms with Gasteiger partial charge in [0.1, 0.15) is 6.10 Å². The van der Waals surface area contributed by atoms with Crippen molar-refractivity contribution in [3.63, 3.8) is 0 Å². The van der Waals surface area contributed by atoms with E-state index in [1.807, 2.05) is 41.5 Å². The predicted octanol–water partition coefficient (Wildman–Crippen LogP) is 5.43. The summed E-state index contributed by atoms with van der Waals surface area (Å²) in [6, 6.07) is 27.1. The van der Waals surface area contributed by atoms with Crippen LogP contribution in [-0.4, -0.2) is 17.1 Å². The maximum absolute atomic E-state index is 11.0. The maximum atomic E-state index is 11.0. The molecule has 5 nitrogen and oxygen atoms in total. The Kier molecular flexibility index (Phi) is 5.68. The molecule has 0 amide bonds. The number of rotatable bonds is 6. The monoisotopic (exact) mass is 386 g/mol. The summed E-state index contributed by atoms with van der Waals surface area (Å²) in [5.74, 6) is 0. The molecule has 1 heterocycles. The lowest BCUT2D eigenvalue weighted by Gasteiger charge is -2.24. The van der Waals surface area contributed by atoms with Gasteiger partial charge in [-0.2, -0.15) is 0 Å². The zero-order valence-electron chi connectivity index (χ0n) is 15.9. The zero-order chi connectivity index (χ0) is 20.1. The first-order valence-electron chi connectivity index (χ1n) is 9.67. The van der Waals surface area contributed by atoms with E-state index < -0.39 is 0 Å². The summed E-state index contributed by atoms with van der Waals surface area (Å²) in [5, 5.41) is 12.9. The Labute approximate surface area is 170 Å². The Hall–Kier alpha value is -3.44. The lowest BCUT2D eigenvalue weighted by Crippen LogP contribution is -2.29. The van der Waals surface area contributed by atoms with Gasteiger partial charge in [0.25, 0.3) is 5.69 Å². The average Bonchev–Trinajstić information content (AvgIpc) is 3.16. The van der Waals surface area contributed by atoms with E-state index in [1.54, 1.807) is 12.1 Å². The summed E-state index contributed by atoms with van der Waals surface area (Å²) in [5.41, 5.74) is 3.27. The van der Waals surface area contributed by atoms with Crippen LogP contribution in [0.4, 0.5) is 11.4 Å². The minimum atomic E-state index is -0.387. The van der Waals surface area contributed by atoms with Crippen LogP contribution < -0.4 is 5.06 Å². The maximum Gasteiger partial charge on any atom is 0.269 e. The van der Waals surface area contributed by atoms with Crippen LogP contribution in [0.1, 0.15) is 17.5 Å². The summed E-state index contributed by atoms with van der Waals surface area (Å²) in [4.78, 5) is 16.8. The number of hydrogen-bond acceptors (Lipinski definition) is 4. The Balaban J connectivity index is 1.55. The summed E-state index contributed by atoms with van der Waals surface area (Å²) < 4.78 is 0. The molecule has 4 rings (SSSR count). The second-order valence-electron chi connectivity index (χ2n) is 7.09. The molecular weight excluding hydrogens is 364 g/mol. The highest BCUT2D eigenvalue weighted by Crippen LogP contribution is 2.32.